The van der Waals surface area contributed by atoms with Gasteiger partial charge in [-0.2, -0.15) is 10.2 Å². The Bertz CT molecular complexity index is 63.5. The maximum atomic E-state index is 3.72. The molecule has 0 saturated carbocycles. The molecule has 0 atom stereocenters. The lowest BCUT2D eigenvalue weighted by molar-refractivity contribution is 0.940. The second-order valence-corrected chi connectivity index (χ2v) is 1.12. The predicted octanol–water partition coefficient (Wildman–Crippen LogP) is 1.01. The number of rotatable bonds is 0. The number of nitrogens with zero attached hydrogens (tertiary/aromatic N) is 2. The molecular formula is C4H6N2. The molecule has 32 valence electrons. The molecule has 2 heteroatoms. The Kier molecular flexibility index (Phi) is 0.998. The summed E-state index contributed by atoms with van der Waals surface area (Å²) < 4.78 is 0. The van der Waals surface area contributed by atoms with Crippen molar-refractivity contribution in [3.05, 3.63) is 12.2 Å². The Morgan fingerprint density at radius 2 is 1.50 bits per heavy atom. The van der Waals surface area contributed by atoms with Gasteiger partial charge in [0, 0.05) is 0 Å². The van der Waals surface area contributed by atoms with Crippen molar-refractivity contribution in [1.82, 2.24) is 0 Å². The summed E-state index contributed by atoms with van der Waals surface area (Å²) >= 11 is 0. The normalized spacial score (nSPS) is 18.7. The van der Waals surface area contributed by atoms with Crippen LogP contribution in [0.15, 0.2) is 22.4 Å². The van der Waals surface area contributed by atoms with E-state index < -0.39 is 0 Å². The molecule has 0 saturated heterocycles. The second-order valence-electron chi connectivity index (χ2n) is 1.12. The highest BCUT2D eigenvalue weighted by molar-refractivity contribution is 4.87. The van der Waals surface area contributed by atoms with Crippen molar-refractivity contribution in [2.45, 2.75) is 0 Å². The molecule has 0 spiro atoms. The summed E-state index contributed by atoms with van der Waals surface area (Å²) in [6.45, 7) is 1.56. The van der Waals surface area contributed by atoms with Crippen molar-refractivity contribution >= 4 is 0 Å². The zero-order valence-corrected chi connectivity index (χ0v) is 3.46. The summed E-state index contributed by atoms with van der Waals surface area (Å²) in [6.07, 6.45) is 4.01. The topological polar surface area (TPSA) is 24.7 Å². The van der Waals surface area contributed by atoms with Crippen LogP contribution in [0.1, 0.15) is 0 Å². The van der Waals surface area contributed by atoms with Crippen LogP contribution in [0, 0.1) is 0 Å². The molecule has 0 aliphatic carbocycles. The van der Waals surface area contributed by atoms with Crippen LogP contribution in [0.5, 0.6) is 0 Å². The number of hydrogen-bond acceptors (Lipinski definition) is 2. The molecular weight excluding hydrogens is 76.1 g/mol. The molecule has 1 rings (SSSR count). The summed E-state index contributed by atoms with van der Waals surface area (Å²) in [6, 6.07) is 0. The fourth-order valence-corrected chi connectivity index (χ4v) is 0.359. The largest absolute Gasteiger partial charge is 0.190 e. The Balaban J connectivity index is 2.40. The summed E-state index contributed by atoms with van der Waals surface area (Å²) in [5, 5.41) is 7.43. The van der Waals surface area contributed by atoms with Gasteiger partial charge in [-0.3, -0.25) is 0 Å². The molecule has 0 fully saturated rings. The maximum Gasteiger partial charge on any atom is 0.0780 e. The van der Waals surface area contributed by atoms with Gasteiger partial charge in [-0.05, 0) is 0 Å². The minimum Gasteiger partial charge on any atom is -0.190 e. The molecule has 0 aromatic carbocycles. The van der Waals surface area contributed by atoms with E-state index in [1.807, 2.05) is 12.2 Å². The van der Waals surface area contributed by atoms with Crippen LogP contribution in [-0.4, -0.2) is 13.1 Å². The molecule has 6 heavy (non-hydrogen) atoms. The van der Waals surface area contributed by atoms with Gasteiger partial charge in [0.1, 0.15) is 0 Å². The minimum absolute atomic E-state index is 0.778. The molecule has 0 unspecified atom stereocenters. The van der Waals surface area contributed by atoms with Crippen LogP contribution >= 0.6 is 0 Å². The molecule has 1 aliphatic rings. The molecule has 2 nitrogen and oxygen atoms in total. The lowest BCUT2D eigenvalue weighted by Crippen LogP contribution is -1.79. The van der Waals surface area contributed by atoms with Crippen molar-refractivity contribution in [3.63, 3.8) is 0 Å². The summed E-state index contributed by atoms with van der Waals surface area (Å²) in [7, 11) is 0. The Labute approximate surface area is 36.6 Å². The van der Waals surface area contributed by atoms with Crippen molar-refractivity contribution in [1.29, 1.82) is 0 Å². The average Bonchev–Trinajstić information content (AvgIpc) is 1.72. The van der Waals surface area contributed by atoms with Crippen LogP contribution in [0.3, 0.4) is 0 Å². The molecule has 0 radical (unpaired) electrons. The van der Waals surface area contributed by atoms with Crippen LogP contribution in [0.2, 0.25) is 0 Å². The Hall–Kier alpha value is -0.660. The molecule has 1 aliphatic heterocycles. The van der Waals surface area contributed by atoms with E-state index in [0.717, 1.165) is 13.1 Å². The lowest BCUT2D eigenvalue weighted by atomic mass is 10.5. The van der Waals surface area contributed by atoms with E-state index in [-0.39, 0.29) is 0 Å². The highest BCUT2D eigenvalue weighted by Gasteiger charge is 1.77. The third-order valence-corrected chi connectivity index (χ3v) is 0.641. The van der Waals surface area contributed by atoms with Crippen LogP contribution in [0.25, 0.3) is 0 Å². The first-order valence-electron chi connectivity index (χ1n) is 1.98. The van der Waals surface area contributed by atoms with Crippen molar-refractivity contribution in [3.8, 4) is 0 Å². The average molecular weight is 82.1 g/mol. The van der Waals surface area contributed by atoms with E-state index in [0.29, 0.717) is 0 Å². The van der Waals surface area contributed by atoms with Crippen molar-refractivity contribution in [2.24, 2.45) is 10.2 Å². The number of hydrogen-bond donors (Lipinski definition) is 0. The lowest BCUT2D eigenvalue weighted by Gasteiger charge is -1.87. The van der Waals surface area contributed by atoms with E-state index in [1.165, 1.54) is 0 Å². The molecule has 0 aromatic rings. The predicted molar refractivity (Wildman–Crippen MR) is 23.7 cm³/mol. The van der Waals surface area contributed by atoms with Crippen LogP contribution in [-0.2, 0) is 0 Å². The zero-order valence-electron chi connectivity index (χ0n) is 3.46. The molecule has 0 aromatic heterocycles. The van der Waals surface area contributed by atoms with Gasteiger partial charge in [-0.15, -0.1) is 0 Å². The van der Waals surface area contributed by atoms with E-state index >= 15 is 0 Å². The minimum atomic E-state index is 0.778. The monoisotopic (exact) mass is 82.1 g/mol. The first kappa shape index (κ1) is 3.53. The fraction of sp³-hybridized carbons (Fsp3) is 0.500. The van der Waals surface area contributed by atoms with Crippen LogP contribution < -0.4 is 0 Å². The highest BCUT2D eigenvalue weighted by atomic mass is 15.1. The second kappa shape index (κ2) is 1.70. The fourth-order valence-electron chi connectivity index (χ4n) is 0.359. The third-order valence-electron chi connectivity index (χ3n) is 0.641. The van der Waals surface area contributed by atoms with Gasteiger partial charge in [-0.1, -0.05) is 12.2 Å². The SMILES string of the molecule is C1=CCN=NC1. The van der Waals surface area contributed by atoms with Gasteiger partial charge in [-0.25, -0.2) is 0 Å². The Morgan fingerprint density at radius 3 is 1.67 bits per heavy atom. The highest BCUT2D eigenvalue weighted by Crippen LogP contribution is 1.85. The van der Waals surface area contributed by atoms with E-state index in [4.69, 9.17) is 0 Å². The van der Waals surface area contributed by atoms with Gasteiger partial charge in [0.15, 0.2) is 0 Å². The standard InChI is InChI=1S/C4H6N2/c1-2-4-6-5-3-1/h1-2H,3-4H2. The smallest absolute Gasteiger partial charge is 0.0780 e. The Morgan fingerprint density at radius 1 is 1.00 bits per heavy atom. The van der Waals surface area contributed by atoms with E-state index in [9.17, 15) is 0 Å². The van der Waals surface area contributed by atoms with Crippen molar-refractivity contribution < 1.29 is 0 Å². The van der Waals surface area contributed by atoms with E-state index in [1.54, 1.807) is 0 Å². The first-order chi connectivity index (χ1) is 3.00. The summed E-state index contributed by atoms with van der Waals surface area (Å²) in [4.78, 5) is 0. The summed E-state index contributed by atoms with van der Waals surface area (Å²) in [5.41, 5.74) is 0. The number of azo groups is 1. The zero-order chi connectivity index (χ0) is 4.24. The quantitative estimate of drug-likeness (QED) is 0.389. The molecule has 0 bridgehead atoms. The van der Waals surface area contributed by atoms with Crippen molar-refractivity contribution in [2.75, 3.05) is 13.1 Å². The summed E-state index contributed by atoms with van der Waals surface area (Å²) in [5.74, 6) is 0. The molecule has 0 amide bonds. The van der Waals surface area contributed by atoms with Gasteiger partial charge in [0.2, 0.25) is 0 Å². The van der Waals surface area contributed by atoms with Gasteiger partial charge in [0.25, 0.3) is 0 Å². The van der Waals surface area contributed by atoms with Crippen LogP contribution in [0.4, 0.5) is 0 Å². The molecule has 0 N–H and O–H groups in total. The first-order valence-corrected chi connectivity index (χ1v) is 1.98. The van der Waals surface area contributed by atoms with E-state index in [2.05, 4.69) is 10.2 Å². The third kappa shape index (κ3) is 0.641. The maximum absolute atomic E-state index is 3.72. The van der Waals surface area contributed by atoms with Gasteiger partial charge >= 0.3 is 0 Å². The molecule has 1 heterocycles. The van der Waals surface area contributed by atoms with Gasteiger partial charge < -0.3 is 0 Å². The van der Waals surface area contributed by atoms with Gasteiger partial charge in [0.05, 0.1) is 13.1 Å².